The lowest BCUT2D eigenvalue weighted by molar-refractivity contribution is -0.134. The number of methoxy groups -OCH3 is 1. The maximum Gasteiger partial charge on any atom is 0.330 e. The number of nitrogens with zero attached hydrogens (tertiary/aromatic N) is 2. The van der Waals surface area contributed by atoms with E-state index in [4.69, 9.17) is 4.74 Å². The van der Waals surface area contributed by atoms with Gasteiger partial charge in [-0.2, -0.15) is 0 Å². The van der Waals surface area contributed by atoms with Gasteiger partial charge in [-0.05, 0) is 44.1 Å². The van der Waals surface area contributed by atoms with Crippen molar-refractivity contribution >= 4 is 36.9 Å². The van der Waals surface area contributed by atoms with E-state index in [0.29, 0.717) is 12.6 Å². The Morgan fingerprint density at radius 2 is 2.23 bits per heavy atom. The van der Waals surface area contributed by atoms with Crippen LogP contribution in [0.5, 0.6) is 5.75 Å². The molecule has 1 aliphatic rings. The van der Waals surface area contributed by atoms with Crippen molar-refractivity contribution in [1.29, 1.82) is 0 Å². The van der Waals surface area contributed by atoms with Crippen LogP contribution in [0, 0.1) is 0 Å². The second-order valence-corrected chi connectivity index (χ2v) is 4.90. The first-order chi connectivity index (χ1) is 9.69. The Kier molecular flexibility index (Phi) is 9.81. The van der Waals surface area contributed by atoms with Crippen LogP contribution in [-0.4, -0.2) is 49.2 Å². The van der Waals surface area contributed by atoms with Crippen LogP contribution in [0.4, 0.5) is 0 Å². The molecule has 124 valence electrons. The van der Waals surface area contributed by atoms with Crippen molar-refractivity contribution in [3.63, 3.8) is 0 Å². The minimum Gasteiger partial charge on any atom is -0.490 e. The number of halogens is 2. The van der Waals surface area contributed by atoms with Gasteiger partial charge in [0.1, 0.15) is 12.4 Å². The van der Waals surface area contributed by atoms with Gasteiger partial charge in [0, 0.05) is 18.3 Å². The van der Waals surface area contributed by atoms with E-state index in [-0.39, 0.29) is 30.8 Å². The summed E-state index contributed by atoms with van der Waals surface area (Å²) in [5, 5.41) is 0. The topological polar surface area (TPSA) is 51.7 Å². The summed E-state index contributed by atoms with van der Waals surface area (Å²) in [5.74, 6) is 0.334. The van der Waals surface area contributed by atoms with E-state index in [1.165, 1.54) is 26.0 Å². The van der Waals surface area contributed by atoms with Crippen LogP contribution in [0.25, 0.3) is 6.08 Å². The molecule has 0 aliphatic carbocycles. The molecule has 1 atom stereocenters. The highest BCUT2D eigenvalue weighted by Gasteiger charge is 2.21. The number of likely N-dealkylation sites (tertiary alicyclic amines) is 1. The standard InChI is InChI=1S/C15H20N2O3.2ClH/c1-17-7-3-4-13(17)11-20-14-8-12(9-16-10-14)5-6-15(18)19-2;;/h5-6,8-10,13H,3-4,7,11H2,1-2H3;2*1H/t13-;;/m0../s1. The molecule has 2 heterocycles. The van der Waals surface area contributed by atoms with Crippen molar-refractivity contribution < 1.29 is 14.3 Å². The summed E-state index contributed by atoms with van der Waals surface area (Å²) in [4.78, 5) is 17.5. The van der Waals surface area contributed by atoms with Crippen LogP contribution in [0.2, 0.25) is 0 Å². The summed E-state index contributed by atoms with van der Waals surface area (Å²) in [6, 6.07) is 2.34. The highest BCUT2D eigenvalue weighted by Crippen LogP contribution is 2.18. The molecule has 1 fully saturated rings. The smallest absolute Gasteiger partial charge is 0.330 e. The minimum absolute atomic E-state index is 0. The first-order valence-corrected chi connectivity index (χ1v) is 6.73. The summed E-state index contributed by atoms with van der Waals surface area (Å²) < 4.78 is 10.3. The molecule has 22 heavy (non-hydrogen) atoms. The molecule has 0 amide bonds. The van der Waals surface area contributed by atoms with Gasteiger partial charge in [0.05, 0.1) is 13.3 Å². The van der Waals surface area contributed by atoms with Crippen molar-refractivity contribution in [2.24, 2.45) is 0 Å². The Morgan fingerprint density at radius 1 is 1.45 bits per heavy atom. The highest BCUT2D eigenvalue weighted by molar-refractivity contribution is 5.86. The number of carbonyl (C=O) groups is 1. The number of likely N-dealkylation sites (N-methyl/N-ethyl adjacent to an activating group) is 1. The molecule has 0 N–H and O–H groups in total. The fourth-order valence-corrected chi connectivity index (χ4v) is 2.22. The third-order valence-electron chi connectivity index (χ3n) is 3.46. The molecule has 1 aromatic rings. The van der Waals surface area contributed by atoms with Gasteiger partial charge in [-0.15, -0.1) is 24.8 Å². The van der Waals surface area contributed by atoms with Crippen molar-refractivity contribution in [3.8, 4) is 5.75 Å². The molecule has 0 unspecified atom stereocenters. The number of esters is 1. The summed E-state index contributed by atoms with van der Waals surface area (Å²) in [6.45, 7) is 1.80. The van der Waals surface area contributed by atoms with Crippen LogP contribution in [0.3, 0.4) is 0 Å². The molecule has 1 aliphatic heterocycles. The molecular formula is C15H22Cl2N2O3. The van der Waals surface area contributed by atoms with Gasteiger partial charge >= 0.3 is 5.97 Å². The third kappa shape index (κ3) is 6.22. The second kappa shape index (κ2) is 10.4. The Morgan fingerprint density at radius 3 is 2.86 bits per heavy atom. The zero-order valence-electron chi connectivity index (χ0n) is 12.7. The van der Waals surface area contributed by atoms with Crippen LogP contribution >= 0.6 is 24.8 Å². The van der Waals surface area contributed by atoms with Crippen molar-refractivity contribution in [2.75, 3.05) is 27.3 Å². The van der Waals surface area contributed by atoms with E-state index in [1.807, 2.05) is 6.07 Å². The second-order valence-electron chi connectivity index (χ2n) is 4.90. The fourth-order valence-electron chi connectivity index (χ4n) is 2.22. The lowest BCUT2D eigenvalue weighted by Gasteiger charge is -2.19. The number of carbonyl (C=O) groups excluding carboxylic acids is 1. The SMILES string of the molecule is COC(=O)C=Cc1cncc(OC[C@@H]2CCCN2C)c1.Cl.Cl. The Bertz CT molecular complexity index is 497. The van der Waals surface area contributed by atoms with E-state index in [0.717, 1.165) is 17.9 Å². The first kappa shape index (κ1) is 20.7. The molecule has 5 nitrogen and oxygen atoms in total. The lowest BCUT2D eigenvalue weighted by Crippen LogP contribution is -2.30. The van der Waals surface area contributed by atoms with E-state index in [9.17, 15) is 4.79 Å². The number of rotatable bonds is 5. The molecule has 0 radical (unpaired) electrons. The Labute approximate surface area is 143 Å². The summed E-state index contributed by atoms with van der Waals surface area (Å²) in [7, 11) is 3.47. The quantitative estimate of drug-likeness (QED) is 0.604. The summed E-state index contributed by atoms with van der Waals surface area (Å²) >= 11 is 0. The number of hydrogen-bond donors (Lipinski definition) is 0. The zero-order valence-corrected chi connectivity index (χ0v) is 14.4. The molecule has 1 aromatic heterocycles. The average Bonchev–Trinajstić information content (AvgIpc) is 2.88. The summed E-state index contributed by atoms with van der Waals surface area (Å²) in [5.41, 5.74) is 0.813. The van der Waals surface area contributed by atoms with Gasteiger partial charge in [-0.25, -0.2) is 4.79 Å². The van der Waals surface area contributed by atoms with E-state index >= 15 is 0 Å². The van der Waals surface area contributed by atoms with Crippen LogP contribution in [-0.2, 0) is 9.53 Å². The van der Waals surface area contributed by atoms with Gasteiger partial charge in [0.2, 0.25) is 0 Å². The predicted octanol–water partition coefficient (Wildman–Crippen LogP) is 2.58. The molecule has 0 saturated carbocycles. The van der Waals surface area contributed by atoms with Crippen LogP contribution in [0.1, 0.15) is 18.4 Å². The van der Waals surface area contributed by atoms with Crippen molar-refractivity contribution in [1.82, 2.24) is 9.88 Å². The number of pyridine rings is 1. The normalized spacial score (nSPS) is 17.6. The van der Waals surface area contributed by atoms with E-state index in [1.54, 1.807) is 18.5 Å². The minimum atomic E-state index is -0.385. The molecule has 7 heteroatoms. The molecule has 0 spiro atoms. The van der Waals surface area contributed by atoms with Gasteiger partial charge < -0.3 is 14.4 Å². The number of aromatic nitrogens is 1. The average molecular weight is 349 g/mol. The van der Waals surface area contributed by atoms with Crippen molar-refractivity contribution in [2.45, 2.75) is 18.9 Å². The van der Waals surface area contributed by atoms with Crippen LogP contribution < -0.4 is 4.74 Å². The van der Waals surface area contributed by atoms with Gasteiger partial charge in [-0.3, -0.25) is 4.98 Å². The molecule has 2 rings (SSSR count). The maximum absolute atomic E-state index is 11.0. The molecule has 1 saturated heterocycles. The molecule has 0 bridgehead atoms. The van der Waals surface area contributed by atoms with Crippen LogP contribution in [0.15, 0.2) is 24.5 Å². The lowest BCUT2D eigenvalue weighted by atomic mass is 10.2. The zero-order chi connectivity index (χ0) is 14.4. The number of ether oxygens (including phenoxy) is 2. The summed E-state index contributed by atoms with van der Waals surface area (Å²) in [6.07, 6.45) is 8.79. The predicted molar refractivity (Wildman–Crippen MR) is 90.9 cm³/mol. The first-order valence-electron chi connectivity index (χ1n) is 6.73. The highest BCUT2D eigenvalue weighted by atomic mass is 35.5. The van der Waals surface area contributed by atoms with Gasteiger partial charge in [0.15, 0.2) is 0 Å². The molecular weight excluding hydrogens is 327 g/mol. The van der Waals surface area contributed by atoms with E-state index in [2.05, 4.69) is 21.7 Å². The van der Waals surface area contributed by atoms with Gasteiger partial charge in [0.25, 0.3) is 0 Å². The third-order valence-corrected chi connectivity index (χ3v) is 3.46. The largest absolute Gasteiger partial charge is 0.490 e. The monoisotopic (exact) mass is 348 g/mol. The number of hydrogen-bond acceptors (Lipinski definition) is 5. The van der Waals surface area contributed by atoms with Crippen molar-refractivity contribution in [3.05, 3.63) is 30.1 Å². The van der Waals surface area contributed by atoms with E-state index < -0.39 is 0 Å². The Balaban J connectivity index is 0.00000220. The molecule has 0 aromatic carbocycles. The Hall–Kier alpha value is -1.30. The van der Waals surface area contributed by atoms with Gasteiger partial charge in [-0.1, -0.05) is 0 Å². The maximum atomic E-state index is 11.0. The fraction of sp³-hybridized carbons (Fsp3) is 0.467.